The van der Waals surface area contributed by atoms with Gasteiger partial charge in [0.2, 0.25) is 5.89 Å². The minimum Gasteiger partial charge on any atom is -0.434 e. The Labute approximate surface area is 174 Å². The largest absolute Gasteiger partial charge is 0.434 e. The minimum atomic E-state index is -0.126. The fourth-order valence-corrected chi connectivity index (χ4v) is 3.77. The van der Waals surface area contributed by atoms with Crippen molar-refractivity contribution >= 4 is 28.5 Å². The summed E-state index contributed by atoms with van der Waals surface area (Å²) in [6, 6.07) is 18.9. The van der Waals surface area contributed by atoms with Crippen LogP contribution in [-0.2, 0) is 0 Å². The lowest BCUT2D eigenvalue weighted by atomic mass is 10.1. The number of nitrogens with zero attached hydrogens (tertiary/aromatic N) is 3. The van der Waals surface area contributed by atoms with Crippen LogP contribution >= 0.6 is 0 Å². The number of piperidine rings is 1. The van der Waals surface area contributed by atoms with Gasteiger partial charge in [-0.1, -0.05) is 0 Å². The number of hydrogen-bond donors (Lipinski definition) is 1. The van der Waals surface area contributed by atoms with Gasteiger partial charge in [-0.2, -0.15) is 4.98 Å². The van der Waals surface area contributed by atoms with Crippen LogP contribution in [0.2, 0.25) is 0 Å². The number of carbonyl (C=O) groups is 1. The van der Waals surface area contributed by atoms with E-state index in [0.717, 1.165) is 24.3 Å². The summed E-state index contributed by atoms with van der Waals surface area (Å²) in [5.74, 6) is 0.383. The number of anilines is 2. The molecular formula is C24H22N4O2. The molecule has 1 fully saturated rings. The first kappa shape index (κ1) is 18.4. The summed E-state index contributed by atoms with van der Waals surface area (Å²) >= 11 is 0. The molecule has 1 amide bonds. The number of carbonyl (C=O) groups excluding carboxylic acids is 1. The van der Waals surface area contributed by atoms with Gasteiger partial charge in [-0.15, -0.1) is 0 Å². The van der Waals surface area contributed by atoms with Crippen molar-refractivity contribution in [3.63, 3.8) is 0 Å². The lowest BCUT2D eigenvalue weighted by molar-refractivity contribution is 0.102. The first-order valence-corrected chi connectivity index (χ1v) is 10.2. The van der Waals surface area contributed by atoms with Crippen LogP contribution in [0.5, 0.6) is 0 Å². The van der Waals surface area contributed by atoms with E-state index in [1.807, 2.05) is 60.7 Å². The second-order valence-corrected chi connectivity index (χ2v) is 7.47. The Morgan fingerprint density at radius 1 is 0.933 bits per heavy atom. The Morgan fingerprint density at radius 3 is 2.43 bits per heavy atom. The van der Waals surface area contributed by atoms with Gasteiger partial charge in [-0.3, -0.25) is 4.79 Å². The first-order valence-electron chi connectivity index (χ1n) is 10.2. The van der Waals surface area contributed by atoms with Crippen molar-refractivity contribution in [3.8, 4) is 11.5 Å². The summed E-state index contributed by atoms with van der Waals surface area (Å²) in [6.07, 6.45) is 5.46. The number of nitrogens with one attached hydrogen (secondary N) is 1. The van der Waals surface area contributed by atoms with Crippen molar-refractivity contribution in [1.82, 2.24) is 9.97 Å². The fraction of sp³-hybridized carbons (Fsp3) is 0.208. The van der Waals surface area contributed by atoms with Gasteiger partial charge in [0.15, 0.2) is 11.2 Å². The number of aromatic nitrogens is 2. The first-order chi connectivity index (χ1) is 14.8. The summed E-state index contributed by atoms with van der Waals surface area (Å²) in [6.45, 7) is 2.18. The third-order valence-electron chi connectivity index (χ3n) is 5.41. The summed E-state index contributed by atoms with van der Waals surface area (Å²) in [4.78, 5) is 23.6. The van der Waals surface area contributed by atoms with Crippen LogP contribution in [0.15, 0.2) is 71.3 Å². The molecular weight excluding hydrogens is 376 g/mol. The molecule has 0 radical (unpaired) electrons. The average molecular weight is 398 g/mol. The van der Waals surface area contributed by atoms with E-state index < -0.39 is 0 Å². The SMILES string of the molecule is O=C(Nc1ccc(-c2nc3ncccc3o2)cc1)c1ccc(N2CCCCC2)cc1. The van der Waals surface area contributed by atoms with E-state index in [-0.39, 0.29) is 5.91 Å². The van der Waals surface area contributed by atoms with Gasteiger partial charge in [-0.05, 0) is 79.9 Å². The lowest BCUT2D eigenvalue weighted by Crippen LogP contribution is -2.29. The Morgan fingerprint density at radius 2 is 1.70 bits per heavy atom. The molecule has 0 aliphatic carbocycles. The van der Waals surface area contributed by atoms with Crippen molar-refractivity contribution < 1.29 is 9.21 Å². The molecule has 6 nitrogen and oxygen atoms in total. The standard InChI is InChI=1S/C24H22N4O2/c29-23(17-8-12-20(13-9-17)28-15-2-1-3-16-28)26-19-10-6-18(7-11-19)24-27-22-21(30-24)5-4-14-25-22/h4-14H,1-3,15-16H2,(H,26,29). The minimum absolute atomic E-state index is 0.126. The van der Waals surface area contributed by atoms with Gasteiger partial charge in [0.1, 0.15) is 0 Å². The topological polar surface area (TPSA) is 71.3 Å². The van der Waals surface area contributed by atoms with Crippen LogP contribution in [0.4, 0.5) is 11.4 Å². The van der Waals surface area contributed by atoms with Crippen molar-refractivity contribution in [2.24, 2.45) is 0 Å². The molecule has 6 heteroatoms. The highest BCUT2D eigenvalue weighted by atomic mass is 16.3. The van der Waals surface area contributed by atoms with Crippen LogP contribution < -0.4 is 10.2 Å². The molecule has 2 aromatic heterocycles. The Bertz CT molecular complexity index is 1130. The van der Waals surface area contributed by atoms with E-state index in [4.69, 9.17) is 4.42 Å². The normalized spacial score (nSPS) is 14.1. The molecule has 1 aliphatic rings. The molecule has 1 saturated heterocycles. The van der Waals surface area contributed by atoms with E-state index in [1.165, 1.54) is 24.9 Å². The molecule has 2 aromatic carbocycles. The quantitative estimate of drug-likeness (QED) is 0.516. The zero-order valence-corrected chi connectivity index (χ0v) is 16.5. The van der Waals surface area contributed by atoms with E-state index >= 15 is 0 Å². The number of hydrogen-bond acceptors (Lipinski definition) is 5. The van der Waals surface area contributed by atoms with Crippen LogP contribution in [-0.4, -0.2) is 29.0 Å². The summed E-state index contributed by atoms with van der Waals surface area (Å²) in [5.41, 5.74) is 4.61. The molecule has 150 valence electrons. The summed E-state index contributed by atoms with van der Waals surface area (Å²) in [7, 11) is 0. The number of amides is 1. The number of rotatable bonds is 4. The fourth-order valence-electron chi connectivity index (χ4n) is 3.77. The molecule has 1 aliphatic heterocycles. The molecule has 1 N–H and O–H groups in total. The molecule has 5 rings (SSSR count). The van der Waals surface area contributed by atoms with Gasteiger partial charge in [0.25, 0.3) is 5.91 Å². The molecule has 0 bridgehead atoms. The van der Waals surface area contributed by atoms with Gasteiger partial charge in [0, 0.05) is 41.8 Å². The van der Waals surface area contributed by atoms with Crippen LogP contribution in [0, 0.1) is 0 Å². The smallest absolute Gasteiger partial charge is 0.255 e. The molecule has 0 atom stereocenters. The van der Waals surface area contributed by atoms with E-state index in [2.05, 4.69) is 20.2 Å². The highest BCUT2D eigenvalue weighted by Gasteiger charge is 2.13. The summed E-state index contributed by atoms with van der Waals surface area (Å²) in [5, 5.41) is 2.95. The molecule has 30 heavy (non-hydrogen) atoms. The third-order valence-corrected chi connectivity index (χ3v) is 5.41. The Hall–Kier alpha value is -3.67. The van der Waals surface area contributed by atoms with Crippen LogP contribution in [0.3, 0.4) is 0 Å². The van der Waals surface area contributed by atoms with E-state index in [9.17, 15) is 4.79 Å². The lowest BCUT2D eigenvalue weighted by Gasteiger charge is -2.28. The van der Waals surface area contributed by atoms with Crippen LogP contribution in [0.1, 0.15) is 29.6 Å². The van der Waals surface area contributed by atoms with E-state index in [1.54, 1.807) is 6.20 Å². The number of pyridine rings is 1. The number of benzene rings is 2. The van der Waals surface area contributed by atoms with Crippen molar-refractivity contribution in [3.05, 3.63) is 72.4 Å². The van der Waals surface area contributed by atoms with Crippen molar-refractivity contribution in [2.45, 2.75) is 19.3 Å². The molecule has 4 aromatic rings. The van der Waals surface area contributed by atoms with Crippen LogP contribution in [0.25, 0.3) is 22.7 Å². The maximum absolute atomic E-state index is 12.6. The second-order valence-electron chi connectivity index (χ2n) is 7.47. The number of oxazole rings is 1. The van der Waals surface area contributed by atoms with Gasteiger partial charge in [0.05, 0.1) is 0 Å². The second kappa shape index (κ2) is 7.99. The Kier molecular flexibility index (Phi) is 4.89. The maximum Gasteiger partial charge on any atom is 0.255 e. The van der Waals surface area contributed by atoms with E-state index in [0.29, 0.717) is 22.7 Å². The van der Waals surface area contributed by atoms with Gasteiger partial charge < -0.3 is 14.6 Å². The highest BCUT2D eigenvalue weighted by molar-refractivity contribution is 6.04. The van der Waals surface area contributed by atoms with Crippen molar-refractivity contribution in [1.29, 1.82) is 0 Å². The van der Waals surface area contributed by atoms with Gasteiger partial charge in [-0.25, -0.2) is 4.98 Å². The predicted molar refractivity (Wildman–Crippen MR) is 118 cm³/mol. The zero-order valence-electron chi connectivity index (χ0n) is 16.5. The van der Waals surface area contributed by atoms with Gasteiger partial charge >= 0.3 is 0 Å². The predicted octanol–water partition coefficient (Wildman–Crippen LogP) is 5.13. The Balaban J connectivity index is 1.26. The number of fused-ring (bicyclic) bond motifs is 1. The molecule has 0 unspecified atom stereocenters. The summed E-state index contributed by atoms with van der Waals surface area (Å²) < 4.78 is 5.74. The highest BCUT2D eigenvalue weighted by Crippen LogP contribution is 2.25. The maximum atomic E-state index is 12.6. The third kappa shape index (κ3) is 3.76. The molecule has 3 heterocycles. The molecule has 0 saturated carbocycles. The zero-order chi connectivity index (χ0) is 20.3. The molecule has 0 spiro atoms. The van der Waals surface area contributed by atoms with Crippen molar-refractivity contribution in [2.75, 3.05) is 23.3 Å². The average Bonchev–Trinajstić information content (AvgIpc) is 3.25. The monoisotopic (exact) mass is 398 g/mol.